The fourth-order valence-electron chi connectivity index (χ4n) is 2.60. The highest BCUT2D eigenvalue weighted by atomic mass is 32.2. The summed E-state index contributed by atoms with van der Waals surface area (Å²) in [6.07, 6.45) is 0. The number of morpholine rings is 1. The zero-order chi connectivity index (χ0) is 18.6. The number of halogens is 1. The summed E-state index contributed by atoms with van der Waals surface area (Å²) in [7, 11) is -3.58. The molecule has 138 valence electrons. The molecule has 1 aliphatic rings. The van der Waals surface area contributed by atoms with Crippen molar-refractivity contribution in [2.45, 2.75) is 11.4 Å². The highest BCUT2D eigenvalue weighted by Crippen LogP contribution is 2.17. The van der Waals surface area contributed by atoms with Gasteiger partial charge in [-0.25, -0.2) is 12.8 Å². The molecule has 0 bridgehead atoms. The van der Waals surface area contributed by atoms with Crippen LogP contribution in [0.2, 0.25) is 0 Å². The maximum Gasteiger partial charge on any atom is 0.251 e. The van der Waals surface area contributed by atoms with Crippen molar-refractivity contribution in [1.29, 1.82) is 0 Å². The molecule has 1 N–H and O–H groups in total. The minimum Gasteiger partial charge on any atom is -0.379 e. The number of rotatable bonds is 5. The van der Waals surface area contributed by atoms with E-state index in [1.165, 1.54) is 40.7 Å². The lowest BCUT2D eigenvalue weighted by Gasteiger charge is -2.26. The van der Waals surface area contributed by atoms with E-state index in [4.69, 9.17) is 4.74 Å². The topological polar surface area (TPSA) is 75.7 Å². The van der Waals surface area contributed by atoms with Gasteiger partial charge in [0.15, 0.2) is 0 Å². The molecule has 0 atom stereocenters. The third-order valence-corrected chi connectivity index (χ3v) is 6.00. The van der Waals surface area contributed by atoms with Crippen molar-refractivity contribution >= 4 is 15.9 Å². The van der Waals surface area contributed by atoms with Crippen molar-refractivity contribution in [3.05, 3.63) is 65.5 Å². The third kappa shape index (κ3) is 4.27. The average Bonchev–Trinajstić information content (AvgIpc) is 2.68. The lowest BCUT2D eigenvalue weighted by Crippen LogP contribution is -2.40. The fraction of sp³-hybridized carbons (Fsp3) is 0.278. The molecule has 0 aliphatic carbocycles. The van der Waals surface area contributed by atoms with Gasteiger partial charge in [0.05, 0.1) is 18.1 Å². The van der Waals surface area contributed by atoms with Crippen LogP contribution in [0.1, 0.15) is 15.9 Å². The minimum absolute atomic E-state index is 0.148. The largest absolute Gasteiger partial charge is 0.379 e. The molecule has 3 rings (SSSR count). The SMILES string of the molecule is O=C(NCc1ccc(F)cc1)c1ccc(S(=O)(=O)N2CCOCC2)cc1. The van der Waals surface area contributed by atoms with Crippen molar-refractivity contribution in [3.8, 4) is 0 Å². The second-order valence-corrected chi connectivity index (χ2v) is 7.79. The average molecular weight is 378 g/mol. The molecule has 1 aliphatic heterocycles. The predicted molar refractivity (Wildman–Crippen MR) is 93.6 cm³/mol. The Labute approximate surface area is 151 Å². The monoisotopic (exact) mass is 378 g/mol. The van der Waals surface area contributed by atoms with E-state index in [9.17, 15) is 17.6 Å². The lowest BCUT2D eigenvalue weighted by atomic mass is 10.2. The van der Waals surface area contributed by atoms with Gasteiger partial charge in [0.1, 0.15) is 5.82 Å². The van der Waals surface area contributed by atoms with Crippen LogP contribution in [0.3, 0.4) is 0 Å². The maximum atomic E-state index is 12.9. The number of sulfonamides is 1. The van der Waals surface area contributed by atoms with E-state index in [1.54, 1.807) is 12.1 Å². The summed E-state index contributed by atoms with van der Waals surface area (Å²) >= 11 is 0. The van der Waals surface area contributed by atoms with Gasteiger partial charge >= 0.3 is 0 Å². The number of nitrogens with one attached hydrogen (secondary N) is 1. The Kier molecular flexibility index (Phi) is 5.65. The Bertz CT molecular complexity index is 861. The first-order valence-electron chi connectivity index (χ1n) is 8.17. The molecule has 2 aromatic rings. The van der Waals surface area contributed by atoms with E-state index in [-0.39, 0.29) is 23.2 Å². The normalized spacial score (nSPS) is 15.6. The van der Waals surface area contributed by atoms with Crippen LogP contribution in [0.5, 0.6) is 0 Å². The second-order valence-electron chi connectivity index (χ2n) is 5.85. The van der Waals surface area contributed by atoms with E-state index in [0.717, 1.165) is 5.56 Å². The van der Waals surface area contributed by atoms with Gasteiger partial charge < -0.3 is 10.1 Å². The zero-order valence-electron chi connectivity index (χ0n) is 14.0. The van der Waals surface area contributed by atoms with E-state index in [2.05, 4.69) is 5.32 Å². The summed E-state index contributed by atoms with van der Waals surface area (Å²) in [6, 6.07) is 11.6. The van der Waals surface area contributed by atoms with Crippen LogP contribution in [-0.2, 0) is 21.3 Å². The van der Waals surface area contributed by atoms with Crippen LogP contribution in [-0.4, -0.2) is 44.9 Å². The van der Waals surface area contributed by atoms with Gasteiger partial charge in [0.2, 0.25) is 10.0 Å². The predicted octanol–water partition coefficient (Wildman–Crippen LogP) is 1.78. The van der Waals surface area contributed by atoms with Gasteiger partial charge in [0.25, 0.3) is 5.91 Å². The third-order valence-electron chi connectivity index (χ3n) is 4.09. The van der Waals surface area contributed by atoms with Gasteiger partial charge in [-0.2, -0.15) is 4.31 Å². The van der Waals surface area contributed by atoms with Crippen molar-refractivity contribution in [3.63, 3.8) is 0 Å². The number of ether oxygens (including phenoxy) is 1. The summed E-state index contributed by atoms with van der Waals surface area (Å²) < 4.78 is 44.5. The van der Waals surface area contributed by atoms with E-state index in [1.807, 2.05) is 0 Å². The van der Waals surface area contributed by atoms with Crippen LogP contribution >= 0.6 is 0 Å². The number of hydrogen-bond acceptors (Lipinski definition) is 4. The standard InChI is InChI=1S/C18H19FN2O4S/c19-16-5-1-14(2-6-16)13-20-18(22)15-3-7-17(8-4-15)26(23,24)21-9-11-25-12-10-21/h1-8H,9-13H2,(H,20,22). The molecule has 2 aromatic carbocycles. The number of carbonyl (C=O) groups is 1. The Morgan fingerprint density at radius 1 is 1.04 bits per heavy atom. The highest BCUT2D eigenvalue weighted by molar-refractivity contribution is 7.89. The van der Waals surface area contributed by atoms with Gasteiger partial charge in [-0.15, -0.1) is 0 Å². The van der Waals surface area contributed by atoms with E-state index < -0.39 is 10.0 Å². The molecule has 0 saturated carbocycles. The van der Waals surface area contributed by atoms with Crippen LogP contribution in [0, 0.1) is 5.82 Å². The minimum atomic E-state index is -3.58. The van der Waals surface area contributed by atoms with Crippen LogP contribution < -0.4 is 5.32 Å². The lowest BCUT2D eigenvalue weighted by molar-refractivity contribution is 0.0730. The zero-order valence-corrected chi connectivity index (χ0v) is 14.8. The Hall–Kier alpha value is -2.29. The molecule has 1 fully saturated rings. The van der Waals surface area contributed by atoms with Crippen molar-refractivity contribution < 1.29 is 22.3 Å². The van der Waals surface area contributed by atoms with Crippen molar-refractivity contribution in [2.75, 3.05) is 26.3 Å². The number of carbonyl (C=O) groups excluding carboxylic acids is 1. The van der Waals surface area contributed by atoms with Crippen LogP contribution in [0.25, 0.3) is 0 Å². The molecule has 1 heterocycles. The molecule has 0 unspecified atom stereocenters. The van der Waals surface area contributed by atoms with E-state index in [0.29, 0.717) is 31.9 Å². The van der Waals surface area contributed by atoms with Crippen molar-refractivity contribution in [2.24, 2.45) is 0 Å². The molecule has 0 radical (unpaired) electrons. The summed E-state index contributed by atoms with van der Waals surface area (Å²) in [5, 5.41) is 2.72. The molecular weight excluding hydrogens is 359 g/mol. The number of hydrogen-bond donors (Lipinski definition) is 1. The smallest absolute Gasteiger partial charge is 0.251 e. The molecule has 26 heavy (non-hydrogen) atoms. The Morgan fingerprint density at radius 3 is 2.27 bits per heavy atom. The summed E-state index contributed by atoms with van der Waals surface area (Å²) in [4.78, 5) is 12.3. The Morgan fingerprint density at radius 2 is 1.65 bits per heavy atom. The van der Waals surface area contributed by atoms with Gasteiger partial charge in [-0.05, 0) is 42.0 Å². The molecular formula is C18H19FN2O4S. The molecule has 8 heteroatoms. The second kappa shape index (κ2) is 7.94. The molecule has 6 nitrogen and oxygen atoms in total. The Balaban J connectivity index is 1.64. The summed E-state index contributed by atoms with van der Waals surface area (Å²) in [6.45, 7) is 1.66. The molecule has 0 spiro atoms. The van der Waals surface area contributed by atoms with Crippen LogP contribution in [0.4, 0.5) is 4.39 Å². The summed E-state index contributed by atoms with van der Waals surface area (Å²) in [5.74, 6) is -0.665. The number of amides is 1. The van der Waals surface area contributed by atoms with Crippen molar-refractivity contribution in [1.82, 2.24) is 9.62 Å². The van der Waals surface area contributed by atoms with Gasteiger partial charge in [-0.3, -0.25) is 4.79 Å². The maximum absolute atomic E-state index is 12.9. The first-order valence-corrected chi connectivity index (χ1v) is 9.61. The first kappa shape index (κ1) is 18.5. The van der Waals surface area contributed by atoms with Gasteiger partial charge in [0, 0.05) is 25.2 Å². The van der Waals surface area contributed by atoms with E-state index >= 15 is 0 Å². The molecule has 0 aromatic heterocycles. The summed E-state index contributed by atoms with van der Waals surface area (Å²) in [5.41, 5.74) is 1.12. The highest BCUT2D eigenvalue weighted by Gasteiger charge is 2.26. The molecule has 1 saturated heterocycles. The van der Waals surface area contributed by atoms with Crippen LogP contribution in [0.15, 0.2) is 53.4 Å². The first-order chi connectivity index (χ1) is 12.5. The van der Waals surface area contributed by atoms with Gasteiger partial charge in [-0.1, -0.05) is 12.1 Å². The fourth-order valence-corrected chi connectivity index (χ4v) is 4.01. The number of benzene rings is 2. The quantitative estimate of drug-likeness (QED) is 0.861. The number of nitrogens with zero attached hydrogens (tertiary/aromatic N) is 1. The molecule has 1 amide bonds.